The molecule has 1 saturated heterocycles. The van der Waals surface area contributed by atoms with Crippen LogP contribution in [0.4, 0.5) is 0 Å². The molecule has 0 unspecified atom stereocenters. The first kappa shape index (κ1) is 25.3. The van der Waals surface area contributed by atoms with Crippen molar-refractivity contribution in [3.8, 4) is 5.75 Å². The largest absolute Gasteiger partial charge is 0.497 e. The van der Waals surface area contributed by atoms with Crippen molar-refractivity contribution >= 4 is 28.6 Å². The van der Waals surface area contributed by atoms with Gasteiger partial charge in [-0.05, 0) is 62.6 Å². The highest BCUT2D eigenvalue weighted by Gasteiger charge is 2.24. The Bertz CT molecular complexity index is 1680. The Morgan fingerprint density at radius 1 is 1.18 bits per heavy atom. The molecule has 0 N–H and O–H groups in total. The molecule has 1 amide bonds. The van der Waals surface area contributed by atoms with Crippen molar-refractivity contribution in [2.24, 2.45) is 4.99 Å². The Hall–Kier alpha value is -4.31. The molecule has 4 aromatic rings. The maximum Gasteiger partial charge on any atom is 0.341 e. The molecule has 10 nitrogen and oxygen atoms in total. The summed E-state index contributed by atoms with van der Waals surface area (Å²) in [6.45, 7) is 4.52. The lowest BCUT2D eigenvalue weighted by atomic mass is 10.1. The van der Waals surface area contributed by atoms with Crippen molar-refractivity contribution in [3.05, 3.63) is 81.2 Å². The van der Waals surface area contributed by atoms with E-state index in [4.69, 9.17) is 19.2 Å². The number of esters is 1. The number of rotatable bonds is 6. The number of amides is 1. The fourth-order valence-electron chi connectivity index (χ4n) is 4.65. The first-order valence-electron chi connectivity index (χ1n) is 12.5. The van der Waals surface area contributed by atoms with Gasteiger partial charge >= 0.3 is 5.97 Å². The Morgan fingerprint density at radius 3 is 2.76 bits per heavy atom. The Balaban J connectivity index is 1.86. The summed E-state index contributed by atoms with van der Waals surface area (Å²) in [6, 6.07) is 11.6. The molecule has 1 aromatic carbocycles. The Labute approximate surface area is 218 Å². The number of aryl methyl sites for hydroxylation is 1. The van der Waals surface area contributed by atoms with Crippen LogP contribution in [-0.4, -0.2) is 52.3 Å². The van der Waals surface area contributed by atoms with Gasteiger partial charge in [-0.25, -0.2) is 9.78 Å². The predicted octanol–water partition coefficient (Wildman–Crippen LogP) is 3.06. The summed E-state index contributed by atoms with van der Waals surface area (Å²) in [5.41, 5.74) is 1.58. The number of fused-ring (bicyclic) bond motifs is 2. The number of nitrogens with zero attached hydrogens (tertiary/aromatic N) is 4. The molecule has 0 spiro atoms. The van der Waals surface area contributed by atoms with E-state index >= 15 is 0 Å². The van der Waals surface area contributed by atoms with E-state index < -0.39 is 11.9 Å². The number of benzene rings is 1. The van der Waals surface area contributed by atoms with E-state index in [0.29, 0.717) is 23.7 Å². The lowest BCUT2D eigenvalue weighted by Gasteiger charge is -2.18. The van der Waals surface area contributed by atoms with E-state index in [0.717, 1.165) is 18.4 Å². The molecular formula is C28H28N4O6. The second-order valence-corrected chi connectivity index (χ2v) is 9.04. The van der Waals surface area contributed by atoms with Gasteiger partial charge in [0.2, 0.25) is 0 Å². The van der Waals surface area contributed by atoms with Gasteiger partial charge in [-0.15, -0.1) is 0 Å². The van der Waals surface area contributed by atoms with Crippen LogP contribution in [0.1, 0.15) is 46.0 Å². The number of aromatic nitrogens is 3. The van der Waals surface area contributed by atoms with Crippen molar-refractivity contribution in [1.82, 2.24) is 14.0 Å². The molecule has 0 aliphatic carbocycles. The SMILES string of the molecule is CCOC(=O)c1cc2c(=O)n3cccc(C)c3nc2n(C[C@H]2CCCO2)c1=NC(=O)c1cccc(OC)c1. The van der Waals surface area contributed by atoms with E-state index in [1.54, 1.807) is 48.0 Å². The third-order valence-corrected chi connectivity index (χ3v) is 6.53. The summed E-state index contributed by atoms with van der Waals surface area (Å²) in [7, 11) is 1.51. The summed E-state index contributed by atoms with van der Waals surface area (Å²) in [4.78, 5) is 49.3. The van der Waals surface area contributed by atoms with Crippen LogP contribution >= 0.6 is 0 Å². The molecule has 1 aliphatic heterocycles. The quantitative estimate of drug-likeness (QED) is 0.286. The van der Waals surface area contributed by atoms with Crippen molar-refractivity contribution in [1.29, 1.82) is 0 Å². The first-order valence-corrected chi connectivity index (χ1v) is 12.5. The van der Waals surface area contributed by atoms with Crippen LogP contribution in [-0.2, 0) is 16.0 Å². The fourth-order valence-corrected chi connectivity index (χ4v) is 4.65. The summed E-state index contributed by atoms with van der Waals surface area (Å²) in [6.07, 6.45) is 3.11. The molecule has 1 atom stereocenters. The molecule has 1 aliphatic rings. The average Bonchev–Trinajstić information content (AvgIpc) is 3.44. The standard InChI is InChI=1S/C28H28N4O6/c1-4-37-28(35)22-15-21-24(29-23-17(2)8-6-12-31(23)27(21)34)32(16-20-11-7-13-38-20)25(22)30-26(33)18-9-5-10-19(14-18)36-3/h5-6,8-10,12,14-15,20H,4,7,11,13,16H2,1-3H3/t20-/m1/s1. The second-order valence-electron chi connectivity index (χ2n) is 9.04. The van der Waals surface area contributed by atoms with Crippen LogP contribution in [0.5, 0.6) is 5.75 Å². The maximum absolute atomic E-state index is 13.6. The molecule has 5 rings (SSSR count). The van der Waals surface area contributed by atoms with E-state index in [1.165, 1.54) is 17.6 Å². The normalized spacial score (nSPS) is 15.8. The lowest BCUT2D eigenvalue weighted by Crippen LogP contribution is -2.35. The number of carbonyl (C=O) groups is 2. The molecular weight excluding hydrogens is 488 g/mol. The molecule has 4 heterocycles. The first-order chi connectivity index (χ1) is 18.4. The van der Waals surface area contributed by atoms with E-state index in [2.05, 4.69) is 4.99 Å². The zero-order chi connectivity index (χ0) is 26.8. The van der Waals surface area contributed by atoms with E-state index in [9.17, 15) is 14.4 Å². The molecule has 196 valence electrons. The minimum atomic E-state index is -0.693. The molecule has 10 heteroatoms. The molecule has 3 aromatic heterocycles. The number of ether oxygens (including phenoxy) is 3. The van der Waals surface area contributed by atoms with Gasteiger partial charge in [0.05, 0.1) is 31.8 Å². The van der Waals surface area contributed by atoms with Gasteiger partial charge in [0.25, 0.3) is 11.5 Å². The minimum absolute atomic E-state index is 0.0000890. The minimum Gasteiger partial charge on any atom is -0.497 e. The van der Waals surface area contributed by atoms with Gasteiger partial charge in [-0.1, -0.05) is 12.1 Å². The molecule has 1 fully saturated rings. The predicted molar refractivity (Wildman–Crippen MR) is 140 cm³/mol. The molecule has 38 heavy (non-hydrogen) atoms. The van der Waals surface area contributed by atoms with Crippen LogP contribution in [0.15, 0.2) is 58.4 Å². The van der Waals surface area contributed by atoms with Crippen molar-refractivity contribution in [2.45, 2.75) is 39.3 Å². The van der Waals surface area contributed by atoms with Crippen LogP contribution < -0.4 is 15.8 Å². The van der Waals surface area contributed by atoms with Gasteiger partial charge in [0, 0.05) is 18.4 Å². The van der Waals surface area contributed by atoms with Crippen LogP contribution in [0.2, 0.25) is 0 Å². The van der Waals surface area contributed by atoms with Crippen LogP contribution in [0, 0.1) is 6.92 Å². The zero-order valence-corrected chi connectivity index (χ0v) is 21.5. The van der Waals surface area contributed by atoms with Crippen LogP contribution in [0.3, 0.4) is 0 Å². The smallest absolute Gasteiger partial charge is 0.341 e. The van der Waals surface area contributed by atoms with Crippen molar-refractivity contribution in [3.63, 3.8) is 0 Å². The number of hydrogen-bond donors (Lipinski definition) is 0. The Kier molecular flexibility index (Phi) is 7.06. The van der Waals surface area contributed by atoms with Crippen molar-refractivity contribution < 1.29 is 23.8 Å². The highest BCUT2D eigenvalue weighted by Crippen LogP contribution is 2.19. The third-order valence-electron chi connectivity index (χ3n) is 6.53. The monoisotopic (exact) mass is 516 g/mol. The maximum atomic E-state index is 13.6. The summed E-state index contributed by atoms with van der Waals surface area (Å²) >= 11 is 0. The number of hydrogen-bond acceptors (Lipinski definition) is 7. The number of methoxy groups -OCH3 is 1. The topological polar surface area (TPSA) is 113 Å². The van der Waals surface area contributed by atoms with Gasteiger partial charge < -0.3 is 18.8 Å². The highest BCUT2D eigenvalue weighted by molar-refractivity contribution is 5.97. The van der Waals surface area contributed by atoms with Crippen molar-refractivity contribution in [2.75, 3.05) is 20.3 Å². The van der Waals surface area contributed by atoms with Crippen LogP contribution in [0.25, 0.3) is 16.7 Å². The number of carbonyl (C=O) groups excluding carboxylic acids is 2. The average molecular weight is 517 g/mol. The molecule has 0 radical (unpaired) electrons. The zero-order valence-electron chi connectivity index (χ0n) is 21.5. The van der Waals surface area contributed by atoms with E-state index in [1.807, 2.05) is 13.0 Å². The molecule has 0 saturated carbocycles. The number of pyridine rings is 2. The van der Waals surface area contributed by atoms with E-state index in [-0.39, 0.29) is 46.8 Å². The summed E-state index contributed by atoms with van der Waals surface area (Å²) in [5.74, 6) is -0.774. The highest BCUT2D eigenvalue weighted by atomic mass is 16.5. The third kappa shape index (κ3) is 4.70. The van der Waals surface area contributed by atoms with Gasteiger partial charge in [0.1, 0.15) is 22.6 Å². The summed E-state index contributed by atoms with van der Waals surface area (Å²) in [5, 5.41) is 0.210. The van der Waals surface area contributed by atoms with Gasteiger partial charge in [-0.3, -0.25) is 14.0 Å². The second kappa shape index (κ2) is 10.6. The van der Waals surface area contributed by atoms with Gasteiger partial charge in [0.15, 0.2) is 5.49 Å². The fraction of sp³-hybridized carbons (Fsp3) is 0.321. The lowest BCUT2D eigenvalue weighted by molar-refractivity contribution is 0.0521. The summed E-state index contributed by atoms with van der Waals surface area (Å²) < 4.78 is 19.5. The Morgan fingerprint density at radius 2 is 2.03 bits per heavy atom. The molecule has 0 bridgehead atoms. The van der Waals surface area contributed by atoms with Gasteiger partial charge in [-0.2, -0.15) is 4.99 Å².